The number of anilines is 1. The van der Waals surface area contributed by atoms with Crippen molar-refractivity contribution in [3.8, 4) is 17.2 Å². The molecule has 146 valence electrons. The van der Waals surface area contributed by atoms with Crippen LogP contribution in [-0.4, -0.2) is 37.5 Å². The Balaban J connectivity index is 1.65. The number of nitrogens with zero attached hydrogens (tertiary/aromatic N) is 3. The maximum atomic E-state index is 5.50. The van der Waals surface area contributed by atoms with Crippen molar-refractivity contribution >= 4 is 33.6 Å². The number of hydrogen-bond donors (Lipinski definition) is 1. The van der Waals surface area contributed by atoms with Crippen molar-refractivity contribution in [3.63, 3.8) is 0 Å². The Bertz CT molecular complexity index is 1030. The second kappa shape index (κ2) is 8.02. The van der Waals surface area contributed by atoms with Crippen molar-refractivity contribution in [3.05, 3.63) is 34.5 Å². The average Bonchev–Trinajstić information content (AvgIpc) is 3.12. The van der Waals surface area contributed by atoms with Gasteiger partial charge in [-0.2, -0.15) is 5.10 Å². The van der Waals surface area contributed by atoms with E-state index >= 15 is 0 Å². The van der Waals surface area contributed by atoms with E-state index in [2.05, 4.69) is 20.5 Å². The van der Waals surface area contributed by atoms with Gasteiger partial charge in [0.25, 0.3) is 0 Å². The third kappa shape index (κ3) is 3.24. The molecule has 0 fully saturated rings. The molecule has 2 aromatic heterocycles. The molecule has 0 saturated heterocycles. The van der Waals surface area contributed by atoms with Crippen LogP contribution in [0.4, 0.5) is 5.82 Å². The van der Waals surface area contributed by atoms with Crippen LogP contribution in [0, 0.1) is 0 Å². The summed E-state index contributed by atoms with van der Waals surface area (Å²) < 4.78 is 16.2. The van der Waals surface area contributed by atoms with Crippen LogP contribution in [0.3, 0.4) is 0 Å². The van der Waals surface area contributed by atoms with Crippen molar-refractivity contribution in [2.75, 3.05) is 26.8 Å². The molecule has 0 spiro atoms. The van der Waals surface area contributed by atoms with Gasteiger partial charge in [0.2, 0.25) is 5.75 Å². The molecular weight excluding hydrogens is 376 g/mol. The van der Waals surface area contributed by atoms with Gasteiger partial charge in [-0.3, -0.25) is 5.43 Å². The first-order valence-corrected chi connectivity index (χ1v) is 9.91. The lowest BCUT2D eigenvalue weighted by Gasteiger charge is -2.13. The SMILES string of the molecule is COc1ccc(/C=N/Nc2ncnc3sc4c(c23)CCCC4)c(OC)c1OC. The Kier molecular flexibility index (Phi) is 5.29. The van der Waals surface area contributed by atoms with E-state index in [4.69, 9.17) is 14.2 Å². The molecule has 0 saturated carbocycles. The van der Waals surface area contributed by atoms with Crippen molar-refractivity contribution < 1.29 is 14.2 Å². The highest BCUT2D eigenvalue weighted by molar-refractivity contribution is 7.19. The Morgan fingerprint density at radius 2 is 1.86 bits per heavy atom. The number of rotatable bonds is 6. The maximum absolute atomic E-state index is 5.50. The Hall–Kier alpha value is -2.87. The Morgan fingerprint density at radius 3 is 2.64 bits per heavy atom. The van der Waals surface area contributed by atoms with Crippen molar-refractivity contribution in [1.29, 1.82) is 0 Å². The van der Waals surface area contributed by atoms with Crippen molar-refractivity contribution in [2.45, 2.75) is 25.7 Å². The minimum Gasteiger partial charge on any atom is -0.493 e. The quantitative estimate of drug-likeness (QED) is 0.499. The number of hydrazone groups is 1. The fraction of sp³-hybridized carbons (Fsp3) is 0.350. The van der Waals surface area contributed by atoms with Gasteiger partial charge < -0.3 is 14.2 Å². The zero-order chi connectivity index (χ0) is 19.5. The molecule has 1 aliphatic rings. The lowest BCUT2D eigenvalue weighted by atomic mass is 9.97. The first-order valence-electron chi connectivity index (χ1n) is 9.10. The second-order valence-corrected chi connectivity index (χ2v) is 7.49. The van der Waals surface area contributed by atoms with Gasteiger partial charge in [-0.05, 0) is 43.4 Å². The fourth-order valence-corrected chi connectivity index (χ4v) is 4.79. The first-order chi connectivity index (χ1) is 13.8. The van der Waals surface area contributed by atoms with E-state index in [0.29, 0.717) is 17.2 Å². The smallest absolute Gasteiger partial charge is 0.203 e. The van der Waals surface area contributed by atoms with E-state index in [1.165, 1.54) is 23.3 Å². The van der Waals surface area contributed by atoms with E-state index in [1.807, 2.05) is 12.1 Å². The minimum atomic E-state index is 0.533. The summed E-state index contributed by atoms with van der Waals surface area (Å²) >= 11 is 1.77. The van der Waals surface area contributed by atoms with Gasteiger partial charge >= 0.3 is 0 Å². The summed E-state index contributed by atoms with van der Waals surface area (Å²) in [5, 5.41) is 5.49. The number of nitrogens with one attached hydrogen (secondary N) is 1. The van der Waals surface area contributed by atoms with Crippen molar-refractivity contribution in [2.24, 2.45) is 5.10 Å². The molecule has 0 bridgehead atoms. The molecule has 4 rings (SSSR count). The number of ether oxygens (including phenoxy) is 3. The summed E-state index contributed by atoms with van der Waals surface area (Å²) in [5.41, 5.74) is 5.22. The minimum absolute atomic E-state index is 0.533. The predicted octanol–water partition coefficient (Wildman–Crippen LogP) is 4.04. The van der Waals surface area contributed by atoms with E-state index < -0.39 is 0 Å². The lowest BCUT2D eigenvalue weighted by Crippen LogP contribution is -2.01. The van der Waals surface area contributed by atoms with Crippen LogP contribution in [-0.2, 0) is 12.8 Å². The topological polar surface area (TPSA) is 77.9 Å². The van der Waals surface area contributed by atoms with Crippen LogP contribution in [0.1, 0.15) is 28.8 Å². The van der Waals surface area contributed by atoms with Crippen LogP contribution in [0.15, 0.2) is 23.6 Å². The third-order valence-corrected chi connectivity index (χ3v) is 6.06. The van der Waals surface area contributed by atoms with Crippen LogP contribution in [0.2, 0.25) is 0 Å². The predicted molar refractivity (Wildman–Crippen MR) is 111 cm³/mol. The molecule has 0 aliphatic heterocycles. The molecule has 0 unspecified atom stereocenters. The van der Waals surface area contributed by atoms with Crippen LogP contribution >= 0.6 is 11.3 Å². The number of hydrogen-bond acceptors (Lipinski definition) is 8. The van der Waals surface area contributed by atoms with Gasteiger partial charge in [-0.25, -0.2) is 9.97 Å². The number of aryl methyl sites for hydroxylation is 2. The highest BCUT2D eigenvalue weighted by Crippen LogP contribution is 2.40. The Morgan fingerprint density at radius 1 is 1.04 bits per heavy atom. The first kappa shape index (κ1) is 18.5. The van der Waals surface area contributed by atoms with Gasteiger partial charge in [0.1, 0.15) is 11.2 Å². The monoisotopic (exact) mass is 398 g/mol. The summed E-state index contributed by atoms with van der Waals surface area (Å²) in [5.74, 6) is 2.44. The average molecular weight is 398 g/mol. The zero-order valence-electron chi connectivity index (χ0n) is 16.1. The molecule has 8 heteroatoms. The van der Waals surface area contributed by atoms with Gasteiger partial charge in [0.15, 0.2) is 17.3 Å². The zero-order valence-corrected chi connectivity index (χ0v) is 16.9. The number of aromatic nitrogens is 2. The normalized spacial score (nSPS) is 13.5. The summed E-state index contributed by atoms with van der Waals surface area (Å²) in [7, 11) is 4.76. The third-order valence-electron chi connectivity index (χ3n) is 4.86. The van der Waals surface area contributed by atoms with Gasteiger partial charge in [0, 0.05) is 10.4 Å². The molecule has 2 heterocycles. The highest BCUT2D eigenvalue weighted by atomic mass is 32.1. The summed E-state index contributed by atoms with van der Waals surface area (Å²) in [6, 6.07) is 3.69. The molecule has 0 atom stereocenters. The molecule has 7 nitrogen and oxygen atoms in total. The number of benzene rings is 1. The molecule has 3 aromatic rings. The maximum Gasteiger partial charge on any atom is 0.203 e. The van der Waals surface area contributed by atoms with Crippen LogP contribution in [0.5, 0.6) is 17.2 Å². The van der Waals surface area contributed by atoms with Gasteiger partial charge in [-0.15, -0.1) is 11.3 Å². The molecular formula is C20H22N4O3S. The van der Waals surface area contributed by atoms with Gasteiger partial charge in [-0.1, -0.05) is 0 Å². The summed E-state index contributed by atoms with van der Waals surface area (Å²) in [6.07, 6.45) is 7.92. The molecule has 28 heavy (non-hydrogen) atoms. The number of fused-ring (bicyclic) bond motifs is 3. The molecule has 0 radical (unpaired) electrons. The summed E-state index contributed by atoms with van der Waals surface area (Å²) in [4.78, 5) is 11.3. The number of methoxy groups -OCH3 is 3. The van der Waals surface area contributed by atoms with E-state index in [1.54, 1.807) is 45.2 Å². The molecule has 1 aromatic carbocycles. The molecule has 0 amide bonds. The lowest BCUT2D eigenvalue weighted by molar-refractivity contribution is 0.324. The van der Waals surface area contributed by atoms with E-state index in [9.17, 15) is 0 Å². The van der Waals surface area contributed by atoms with E-state index in [0.717, 1.165) is 34.4 Å². The van der Waals surface area contributed by atoms with Crippen LogP contribution < -0.4 is 19.6 Å². The summed E-state index contributed by atoms with van der Waals surface area (Å²) in [6.45, 7) is 0. The van der Waals surface area contributed by atoms with Gasteiger partial charge in [0.05, 0.1) is 32.9 Å². The molecule has 1 N–H and O–H groups in total. The van der Waals surface area contributed by atoms with Crippen LogP contribution in [0.25, 0.3) is 10.2 Å². The van der Waals surface area contributed by atoms with E-state index in [-0.39, 0.29) is 0 Å². The molecule has 1 aliphatic carbocycles. The van der Waals surface area contributed by atoms with Crippen molar-refractivity contribution in [1.82, 2.24) is 9.97 Å². The fourth-order valence-electron chi connectivity index (χ4n) is 3.56. The second-order valence-electron chi connectivity index (χ2n) is 6.41. The Labute approximate surface area is 167 Å². The largest absolute Gasteiger partial charge is 0.493 e. The highest BCUT2D eigenvalue weighted by Gasteiger charge is 2.20. The number of thiophene rings is 1. The standard InChI is InChI=1S/C20H22N4O3S/c1-25-14-9-8-12(17(26-2)18(14)27-3)10-23-24-19-16-13-6-4-5-7-15(13)28-20(16)22-11-21-19/h8-11H,4-7H2,1-3H3,(H,21,22,24)/b23-10+.